The molecule has 98 valence electrons. The van der Waals surface area contributed by atoms with Gasteiger partial charge in [0.05, 0.1) is 13.7 Å². The van der Waals surface area contributed by atoms with Gasteiger partial charge in [-0.15, -0.1) is 0 Å². The molecule has 0 unspecified atom stereocenters. The van der Waals surface area contributed by atoms with Gasteiger partial charge in [-0.1, -0.05) is 6.07 Å². The van der Waals surface area contributed by atoms with Gasteiger partial charge in [0.15, 0.2) is 11.5 Å². The smallest absolute Gasteiger partial charge is 0.243 e. The van der Waals surface area contributed by atoms with Gasteiger partial charge in [-0.3, -0.25) is 4.79 Å². The molecule has 0 aliphatic heterocycles. The molecule has 0 aromatic heterocycles. The number of carbonyl (C=O) groups is 1. The molecular weight excluding hydrogens is 230 g/mol. The van der Waals surface area contributed by atoms with E-state index >= 15 is 0 Å². The van der Waals surface area contributed by atoms with Crippen molar-refractivity contribution in [2.75, 3.05) is 20.3 Å². The van der Waals surface area contributed by atoms with E-state index < -0.39 is 0 Å². The fourth-order valence-corrected chi connectivity index (χ4v) is 1.47. The number of carbonyl (C=O) groups excluding carboxylic acids is 1. The standard InChI is InChI=1S/C14H19NO3/c1-4-15-14(16)9-7-11-6-8-12(18-5-2)13(10-11)17-3/h6-10H,4-5H2,1-3H3,(H,15,16). The summed E-state index contributed by atoms with van der Waals surface area (Å²) in [4.78, 5) is 11.3. The van der Waals surface area contributed by atoms with E-state index in [2.05, 4.69) is 5.32 Å². The summed E-state index contributed by atoms with van der Waals surface area (Å²) >= 11 is 0. The lowest BCUT2D eigenvalue weighted by atomic mass is 10.2. The Labute approximate surface area is 108 Å². The van der Waals surface area contributed by atoms with Gasteiger partial charge >= 0.3 is 0 Å². The Morgan fingerprint density at radius 2 is 2.11 bits per heavy atom. The first-order chi connectivity index (χ1) is 8.71. The summed E-state index contributed by atoms with van der Waals surface area (Å²) in [6.45, 7) is 5.01. The summed E-state index contributed by atoms with van der Waals surface area (Å²) in [7, 11) is 1.59. The molecule has 4 nitrogen and oxygen atoms in total. The Balaban J connectivity index is 2.82. The highest BCUT2D eigenvalue weighted by atomic mass is 16.5. The molecule has 0 heterocycles. The molecule has 0 saturated heterocycles. The van der Waals surface area contributed by atoms with Crippen LogP contribution in [0.5, 0.6) is 11.5 Å². The van der Waals surface area contributed by atoms with Gasteiger partial charge in [0, 0.05) is 12.6 Å². The van der Waals surface area contributed by atoms with Gasteiger partial charge in [0.2, 0.25) is 5.91 Å². The maximum atomic E-state index is 11.3. The third kappa shape index (κ3) is 4.13. The minimum absolute atomic E-state index is 0.106. The number of benzene rings is 1. The molecule has 0 aliphatic rings. The van der Waals surface area contributed by atoms with Crippen LogP contribution in [0.25, 0.3) is 6.08 Å². The van der Waals surface area contributed by atoms with Crippen LogP contribution in [-0.4, -0.2) is 26.2 Å². The topological polar surface area (TPSA) is 47.6 Å². The molecule has 0 atom stereocenters. The molecular formula is C14H19NO3. The van der Waals surface area contributed by atoms with Gasteiger partial charge in [-0.05, 0) is 37.6 Å². The van der Waals surface area contributed by atoms with E-state index in [0.29, 0.717) is 24.7 Å². The Morgan fingerprint density at radius 3 is 2.72 bits per heavy atom. The lowest BCUT2D eigenvalue weighted by Crippen LogP contribution is -2.19. The molecule has 4 heteroatoms. The number of nitrogens with one attached hydrogen (secondary N) is 1. The Kier molecular flexibility index (Phi) is 5.77. The SMILES string of the molecule is CCNC(=O)C=Cc1ccc(OCC)c(OC)c1. The van der Waals surface area contributed by atoms with Crippen LogP contribution < -0.4 is 14.8 Å². The van der Waals surface area contributed by atoms with E-state index in [-0.39, 0.29) is 5.91 Å². The summed E-state index contributed by atoms with van der Waals surface area (Å²) in [5, 5.41) is 2.69. The summed E-state index contributed by atoms with van der Waals surface area (Å²) < 4.78 is 10.7. The predicted molar refractivity (Wildman–Crippen MR) is 71.9 cm³/mol. The van der Waals surface area contributed by atoms with Crippen LogP contribution in [0.4, 0.5) is 0 Å². The van der Waals surface area contributed by atoms with E-state index in [1.807, 2.05) is 32.0 Å². The normalized spacial score (nSPS) is 10.4. The Bertz CT molecular complexity index is 427. The fraction of sp³-hybridized carbons (Fsp3) is 0.357. The zero-order valence-corrected chi connectivity index (χ0v) is 11.0. The molecule has 1 rings (SSSR count). The first-order valence-corrected chi connectivity index (χ1v) is 5.98. The van der Waals surface area contributed by atoms with Crippen molar-refractivity contribution >= 4 is 12.0 Å². The molecule has 0 aliphatic carbocycles. The number of rotatable bonds is 6. The predicted octanol–water partition coefficient (Wildman–Crippen LogP) is 2.24. The van der Waals surface area contributed by atoms with E-state index in [1.165, 1.54) is 6.08 Å². The van der Waals surface area contributed by atoms with E-state index in [1.54, 1.807) is 13.2 Å². The second-order valence-electron chi connectivity index (χ2n) is 3.57. The minimum atomic E-state index is -0.106. The first-order valence-electron chi connectivity index (χ1n) is 5.98. The van der Waals surface area contributed by atoms with Crippen LogP contribution in [0.15, 0.2) is 24.3 Å². The number of amides is 1. The lowest BCUT2D eigenvalue weighted by Gasteiger charge is -2.09. The number of likely N-dealkylation sites (N-methyl/N-ethyl adjacent to an activating group) is 1. The largest absolute Gasteiger partial charge is 0.493 e. The second kappa shape index (κ2) is 7.37. The summed E-state index contributed by atoms with van der Waals surface area (Å²) in [5.74, 6) is 1.26. The molecule has 1 amide bonds. The van der Waals surface area contributed by atoms with Gasteiger partial charge in [-0.25, -0.2) is 0 Å². The van der Waals surface area contributed by atoms with Crippen LogP contribution >= 0.6 is 0 Å². The molecule has 1 N–H and O–H groups in total. The molecule has 0 saturated carbocycles. The second-order valence-corrected chi connectivity index (χ2v) is 3.57. The van der Waals surface area contributed by atoms with Crippen molar-refractivity contribution in [3.05, 3.63) is 29.8 Å². The monoisotopic (exact) mass is 249 g/mol. The molecule has 0 radical (unpaired) electrons. The third-order valence-corrected chi connectivity index (χ3v) is 2.27. The van der Waals surface area contributed by atoms with Crippen LogP contribution in [0, 0.1) is 0 Å². The Hall–Kier alpha value is -1.97. The maximum Gasteiger partial charge on any atom is 0.243 e. The average Bonchev–Trinajstić information content (AvgIpc) is 2.38. The van der Waals surface area contributed by atoms with Gasteiger partial charge < -0.3 is 14.8 Å². The quantitative estimate of drug-likeness (QED) is 0.786. The van der Waals surface area contributed by atoms with Gasteiger partial charge in [-0.2, -0.15) is 0 Å². The molecule has 1 aromatic rings. The van der Waals surface area contributed by atoms with Crippen LogP contribution in [0.3, 0.4) is 0 Å². The number of ether oxygens (including phenoxy) is 2. The third-order valence-electron chi connectivity index (χ3n) is 2.27. The van der Waals surface area contributed by atoms with E-state index in [9.17, 15) is 4.79 Å². The molecule has 1 aromatic carbocycles. The van der Waals surface area contributed by atoms with Crippen LogP contribution in [0.2, 0.25) is 0 Å². The lowest BCUT2D eigenvalue weighted by molar-refractivity contribution is -0.116. The summed E-state index contributed by atoms with van der Waals surface area (Å²) in [5.41, 5.74) is 0.890. The number of hydrogen-bond acceptors (Lipinski definition) is 3. The van der Waals surface area contributed by atoms with Crippen molar-refractivity contribution < 1.29 is 14.3 Å². The van der Waals surface area contributed by atoms with Crippen LogP contribution in [-0.2, 0) is 4.79 Å². The summed E-state index contributed by atoms with van der Waals surface area (Å²) in [6, 6.07) is 5.55. The zero-order valence-electron chi connectivity index (χ0n) is 11.0. The van der Waals surface area contributed by atoms with E-state index in [4.69, 9.17) is 9.47 Å². The van der Waals surface area contributed by atoms with Crippen molar-refractivity contribution in [3.8, 4) is 11.5 Å². The maximum absolute atomic E-state index is 11.3. The Morgan fingerprint density at radius 1 is 1.33 bits per heavy atom. The number of methoxy groups -OCH3 is 1. The zero-order chi connectivity index (χ0) is 13.4. The molecule has 0 bridgehead atoms. The first kappa shape index (κ1) is 14.1. The fourth-order valence-electron chi connectivity index (χ4n) is 1.47. The van der Waals surface area contributed by atoms with Gasteiger partial charge in [0.1, 0.15) is 0 Å². The van der Waals surface area contributed by atoms with Crippen molar-refractivity contribution in [2.24, 2.45) is 0 Å². The van der Waals surface area contributed by atoms with Crippen molar-refractivity contribution in [2.45, 2.75) is 13.8 Å². The van der Waals surface area contributed by atoms with Crippen molar-refractivity contribution in [3.63, 3.8) is 0 Å². The molecule has 0 fully saturated rings. The van der Waals surface area contributed by atoms with Crippen molar-refractivity contribution in [1.82, 2.24) is 5.32 Å². The summed E-state index contributed by atoms with van der Waals surface area (Å²) in [6.07, 6.45) is 3.24. The molecule has 0 spiro atoms. The van der Waals surface area contributed by atoms with Gasteiger partial charge in [0.25, 0.3) is 0 Å². The highest BCUT2D eigenvalue weighted by Crippen LogP contribution is 2.28. The van der Waals surface area contributed by atoms with E-state index in [0.717, 1.165) is 5.56 Å². The van der Waals surface area contributed by atoms with Crippen LogP contribution in [0.1, 0.15) is 19.4 Å². The minimum Gasteiger partial charge on any atom is -0.493 e. The average molecular weight is 249 g/mol. The molecule has 18 heavy (non-hydrogen) atoms. The number of hydrogen-bond donors (Lipinski definition) is 1. The highest BCUT2D eigenvalue weighted by Gasteiger charge is 2.03. The highest BCUT2D eigenvalue weighted by molar-refractivity contribution is 5.91. The van der Waals surface area contributed by atoms with Crippen molar-refractivity contribution in [1.29, 1.82) is 0 Å².